The zero-order valence-electron chi connectivity index (χ0n) is 9.09. The van der Waals surface area contributed by atoms with Gasteiger partial charge in [-0.05, 0) is 37.6 Å². The van der Waals surface area contributed by atoms with Gasteiger partial charge in [0.1, 0.15) is 5.82 Å². The van der Waals surface area contributed by atoms with Crippen LogP contribution in [0.15, 0.2) is 24.3 Å². The summed E-state index contributed by atoms with van der Waals surface area (Å²) >= 11 is 0. The summed E-state index contributed by atoms with van der Waals surface area (Å²) in [5.41, 5.74) is 5.51. The monoisotopic (exact) mass is 209 g/mol. The molecule has 1 atom stereocenters. The summed E-state index contributed by atoms with van der Waals surface area (Å²) in [4.78, 5) is 11.9. The highest BCUT2D eigenvalue weighted by atomic mass is 19.1. The summed E-state index contributed by atoms with van der Waals surface area (Å²) in [6.45, 7) is 3.69. The molecule has 1 aromatic carbocycles. The van der Waals surface area contributed by atoms with E-state index in [4.69, 9.17) is 5.73 Å². The van der Waals surface area contributed by atoms with Crippen LogP contribution < -0.4 is 5.73 Å². The number of carbonyl (C=O) groups is 1. The van der Waals surface area contributed by atoms with Crippen LogP contribution in [-0.4, -0.2) is 11.3 Å². The van der Waals surface area contributed by atoms with Gasteiger partial charge in [-0.25, -0.2) is 4.39 Å². The van der Waals surface area contributed by atoms with Crippen LogP contribution in [-0.2, 0) is 0 Å². The predicted octanol–water partition coefficient (Wildman–Crippen LogP) is 2.53. The van der Waals surface area contributed by atoms with Gasteiger partial charge in [0.2, 0.25) is 0 Å². The van der Waals surface area contributed by atoms with Crippen molar-refractivity contribution in [1.82, 2.24) is 0 Å². The second-order valence-corrected chi connectivity index (χ2v) is 4.00. The van der Waals surface area contributed by atoms with Crippen LogP contribution in [0.1, 0.15) is 37.0 Å². The summed E-state index contributed by atoms with van der Waals surface area (Å²) in [6.07, 6.45) is 1.48. The smallest absolute Gasteiger partial charge is 0.182 e. The fourth-order valence-electron chi connectivity index (χ4n) is 1.56. The number of nitrogens with two attached hydrogens (primary N) is 1. The summed E-state index contributed by atoms with van der Waals surface area (Å²) in [5.74, 6) is -0.481. The zero-order chi connectivity index (χ0) is 11.5. The molecule has 1 unspecified atom stereocenters. The van der Waals surface area contributed by atoms with Crippen molar-refractivity contribution in [2.24, 2.45) is 5.73 Å². The van der Waals surface area contributed by atoms with E-state index in [1.54, 1.807) is 6.92 Å². The summed E-state index contributed by atoms with van der Waals surface area (Å²) in [5, 5.41) is 0. The van der Waals surface area contributed by atoms with Crippen LogP contribution in [0.4, 0.5) is 4.39 Å². The first-order valence-corrected chi connectivity index (χ1v) is 5.06. The van der Waals surface area contributed by atoms with Crippen molar-refractivity contribution in [2.75, 3.05) is 0 Å². The van der Waals surface area contributed by atoms with Gasteiger partial charge in [0, 0.05) is 5.56 Å². The van der Waals surface area contributed by atoms with Crippen molar-refractivity contribution in [1.29, 1.82) is 0 Å². The fraction of sp³-hybridized carbons (Fsp3) is 0.417. The maximum absolute atomic E-state index is 12.7. The fourth-order valence-corrected chi connectivity index (χ4v) is 1.56. The quantitative estimate of drug-likeness (QED) is 0.774. The third-order valence-electron chi connectivity index (χ3n) is 2.39. The van der Waals surface area contributed by atoms with E-state index < -0.39 is 5.54 Å². The highest BCUT2D eigenvalue weighted by Gasteiger charge is 2.27. The lowest BCUT2D eigenvalue weighted by atomic mass is 9.88. The van der Waals surface area contributed by atoms with E-state index in [1.807, 2.05) is 6.92 Å². The number of ketones is 1. The van der Waals surface area contributed by atoms with Gasteiger partial charge in [-0.1, -0.05) is 13.3 Å². The van der Waals surface area contributed by atoms with E-state index in [0.717, 1.165) is 6.42 Å². The first kappa shape index (κ1) is 11.9. The Kier molecular flexibility index (Phi) is 3.58. The highest BCUT2D eigenvalue weighted by molar-refractivity contribution is 6.02. The molecule has 3 heteroatoms. The molecule has 1 rings (SSSR count). The molecule has 0 radical (unpaired) electrons. The highest BCUT2D eigenvalue weighted by Crippen LogP contribution is 2.16. The third-order valence-corrected chi connectivity index (χ3v) is 2.39. The van der Waals surface area contributed by atoms with E-state index in [-0.39, 0.29) is 11.6 Å². The van der Waals surface area contributed by atoms with Gasteiger partial charge in [0.25, 0.3) is 0 Å². The molecule has 0 fully saturated rings. The first-order chi connectivity index (χ1) is 6.97. The minimum atomic E-state index is -0.855. The maximum atomic E-state index is 12.7. The van der Waals surface area contributed by atoms with Gasteiger partial charge in [0.15, 0.2) is 5.78 Å². The molecule has 0 aromatic heterocycles. The first-order valence-electron chi connectivity index (χ1n) is 5.06. The minimum absolute atomic E-state index is 0.135. The third kappa shape index (κ3) is 2.86. The molecule has 0 aliphatic heterocycles. The molecular formula is C12H16FNO. The van der Waals surface area contributed by atoms with Gasteiger partial charge < -0.3 is 5.73 Å². The Labute approximate surface area is 89.3 Å². The molecule has 0 saturated carbocycles. The van der Waals surface area contributed by atoms with E-state index >= 15 is 0 Å². The normalized spacial score (nSPS) is 14.7. The number of carbonyl (C=O) groups excluding carboxylic acids is 1. The average molecular weight is 209 g/mol. The molecule has 0 spiro atoms. The van der Waals surface area contributed by atoms with Crippen molar-refractivity contribution in [2.45, 2.75) is 32.2 Å². The number of hydrogen-bond acceptors (Lipinski definition) is 2. The molecule has 0 bridgehead atoms. The van der Waals surface area contributed by atoms with Crippen LogP contribution >= 0.6 is 0 Å². The number of halogens is 1. The van der Waals surface area contributed by atoms with Crippen molar-refractivity contribution >= 4 is 5.78 Å². The predicted molar refractivity (Wildman–Crippen MR) is 58.2 cm³/mol. The van der Waals surface area contributed by atoms with E-state index in [1.165, 1.54) is 24.3 Å². The molecule has 0 aliphatic rings. The molecule has 0 saturated heterocycles. The Bertz CT molecular complexity index is 343. The number of benzene rings is 1. The molecule has 1 aromatic rings. The van der Waals surface area contributed by atoms with E-state index in [2.05, 4.69) is 0 Å². The lowest BCUT2D eigenvalue weighted by Gasteiger charge is -2.22. The summed E-state index contributed by atoms with van der Waals surface area (Å²) in [7, 11) is 0. The largest absolute Gasteiger partial charge is 0.319 e. The maximum Gasteiger partial charge on any atom is 0.182 e. The van der Waals surface area contributed by atoms with Crippen molar-refractivity contribution in [3.05, 3.63) is 35.6 Å². The molecule has 2 nitrogen and oxygen atoms in total. The lowest BCUT2D eigenvalue weighted by Crippen LogP contribution is -2.44. The SMILES string of the molecule is CCCC(C)(N)C(=O)c1ccc(F)cc1. The van der Waals surface area contributed by atoms with Crippen LogP contribution in [0.2, 0.25) is 0 Å². The van der Waals surface area contributed by atoms with Crippen LogP contribution in [0.3, 0.4) is 0 Å². The van der Waals surface area contributed by atoms with Crippen molar-refractivity contribution in [3.63, 3.8) is 0 Å². The second-order valence-electron chi connectivity index (χ2n) is 4.00. The molecule has 15 heavy (non-hydrogen) atoms. The van der Waals surface area contributed by atoms with Crippen LogP contribution in [0.25, 0.3) is 0 Å². The van der Waals surface area contributed by atoms with Crippen molar-refractivity contribution in [3.8, 4) is 0 Å². The standard InChI is InChI=1S/C12H16FNO/c1-3-8-12(2,14)11(15)9-4-6-10(13)7-5-9/h4-7H,3,8,14H2,1-2H3. The topological polar surface area (TPSA) is 43.1 Å². The molecule has 0 heterocycles. The van der Waals surface area contributed by atoms with Crippen molar-refractivity contribution < 1.29 is 9.18 Å². The van der Waals surface area contributed by atoms with Crippen LogP contribution in [0.5, 0.6) is 0 Å². The molecular weight excluding hydrogens is 193 g/mol. The van der Waals surface area contributed by atoms with E-state index in [9.17, 15) is 9.18 Å². The second kappa shape index (κ2) is 4.53. The molecule has 0 aliphatic carbocycles. The lowest BCUT2D eigenvalue weighted by molar-refractivity contribution is 0.0893. The Hall–Kier alpha value is -1.22. The molecule has 2 N–H and O–H groups in total. The molecule has 82 valence electrons. The van der Waals surface area contributed by atoms with Gasteiger partial charge in [-0.15, -0.1) is 0 Å². The van der Waals surface area contributed by atoms with Gasteiger partial charge in [-0.2, -0.15) is 0 Å². The van der Waals surface area contributed by atoms with Gasteiger partial charge in [-0.3, -0.25) is 4.79 Å². The summed E-state index contributed by atoms with van der Waals surface area (Å²) < 4.78 is 12.7. The van der Waals surface area contributed by atoms with E-state index in [0.29, 0.717) is 12.0 Å². The van der Waals surface area contributed by atoms with Gasteiger partial charge in [0.05, 0.1) is 5.54 Å². The molecule has 0 amide bonds. The zero-order valence-corrected chi connectivity index (χ0v) is 9.09. The Morgan fingerprint density at radius 2 is 1.93 bits per heavy atom. The number of Topliss-reactive ketones (excluding diaryl/α,β-unsaturated/α-hetero) is 1. The minimum Gasteiger partial charge on any atom is -0.319 e. The Morgan fingerprint density at radius 3 is 2.40 bits per heavy atom. The average Bonchev–Trinajstić information content (AvgIpc) is 2.18. The van der Waals surface area contributed by atoms with Gasteiger partial charge >= 0.3 is 0 Å². The number of rotatable bonds is 4. The summed E-state index contributed by atoms with van der Waals surface area (Å²) in [6, 6.07) is 5.49. The number of hydrogen-bond donors (Lipinski definition) is 1. The Morgan fingerprint density at radius 1 is 1.40 bits per heavy atom. The van der Waals surface area contributed by atoms with Crippen LogP contribution in [0, 0.1) is 5.82 Å². The Balaban J connectivity index is 2.89.